The second kappa shape index (κ2) is 4.67. The lowest BCUT2D eigenvalue weighted by atomic mass is 9.92. The van der Waals surface area contributed by atoms with Gasteiger partial charge in [-0.1, -0.05) is 19.1 Å². The van der Waals surface area contributed by atoms with Crippen LogP contribution >= 0.6 is 0 Å². The van der Waals surface area contributed by atoms with Crippen LogP contribution in [0.15, 0.2) is 12.1 Å². The van der Waals surface area contributed by atoms with Gasteiger partial charge in [0.1, 0.15) is 5.75 Å². The monoisotopic (exact) mass is 208 g/mol. The molecular formula is C13H20O2. The summed E-state index contributed by atoms with van der Waals surface area (Å²) in [7, 11) is 1.68. The smallest absolute Gasteiger partial charge is 0.125 e. The predicted molar refractivity (Wildman–Crippen MR) is 62.6 cm³/mol. The summed E-state index contributed by atoms with van der Waals surface area (Å²) in [5.41, 5.74) is 3.45. The molecule has 0 fully saturated rings. The molecule has 1 aromatic carbocycles. The normalized spacial score (nSPS) is 14.8. The summed E-state index contributed by atoms with van der Waals surface area (Å²) < 4.78 is 5.42. The molecule has 2 unspecified atom stereocenters. The molecule has 2 atom stereocenters. The molecule has 1 aromatic rings. The van der Waals surface area contributed by atoms with Gasteiger partial charge in [-0.15, -0.1) is 0 Å². The van der Waals surface area contributed by atoms with E-state index in [1.807, 2.05) is 19.9 Å². The van der Waals surface area contributed by atoms with E-state index >= 15 is 0 Å². The van der Waals surface area contributed by atoms with Crippen molar-refractivity contribution in [2.24, 2.45) is 0 Å². The maximum absolute atomic E-state index is 9.60. The van der Waals surface area contributed by atoms with E-state index in [0.717, 1.165) is 16.9 Å². The van der Waals surface area contributed by atoms with E-state index in [2.05, 4.69) is 13.0 Å². The van der Waals surface area contributed by atoms with Gasteiger partial charge in [-0.25, -0.2) is 0 Å². The van der Waals surface area contributed by atoms with Gasteiger partial charge in [0, 0.05) is 5.92 Å². The molecule has 0 amide bonds. The fourth-order valence-corrected chi connectivity index (χ4v) is 1.70. The number of methoxy groups -OCH3 is 1. The highest BCUT2D eigenvalue weighted by atomic mass is 16.5. The molecule has 2 heteroatoms. The Morgan fingerprint density at radius 2 is 1.80 bits per heavy atom. The zero-order chi connectivity index (χ0) is 11.6. The highest BCUT2D eigenvalue weighted by Crippen LogP contribution is 2.33. The largest absolute Gasteiger partial charge is 0.496 e. The molecule has 0 saturated carbocycles. The van der Waals surface area contributed by atoms with Gasteiger partial charge in [0.15, 0.2) is 0 Å². The Morgan fingerprint density at radius 1 is 1.20 bits per heavy atom. The first-order valence-electron chi connectivity index (χ1n) is 5.31. The summed E-state index contributed by atoms with van der Waals surface area (Å²) in [5, 5.41) is 9.60. The van der Waals surface area contributed by atoms with E-state index in [9.17, 15) is 5.11 Å². The van der Waals surface area contributed by atoms with Gasteiger partial charge in [-0.3, -0.25) is 0 Å². The number of hydrogen-bond donors (Lipinski definition) is 1. The first kappa shape index (κ1) is 12.1. The molecule has 1 N–H and O–H groups in total. The summed E-state index contributed by atoms with van der Waals surface area (Å²) in [6.45, 7) is 7.93. The van der Waals surface area contributed by atoms with Crippen molar-refractivity contribution >= 4 is 0 Å². The summed E-state index contributed by atoms with van der Waals surface area (Å²) in [5.74, 6) is 1.00. The Hall–Kier alpha value is -1.02. The summed E-state index contributed by atoms with van der Waals surface area (Å²) >= 11 is 0. The molecule has 0 heterocycles. The SMILES string of the molecule is COc1c(C(C)C(C)O)ccc(C)c1C. The fraction of sp³-hybridized carbons (Fsp3) is 0.538. The first-order chi connectivity index (χ1) is 6.99. The van der Waals surface area contributed by atoms with Crippen LogP contribution in [0.4, 0.5) is 0 Å². The number of aryl methyl sites for hydroxylation is 1. The molecular weight excluding hydrogens is 188 g/mol. The average molecular weight is 208 g/mol. The average Bonchev–Trinajstić information content (AvgIpc) is 2.20. The topological polar surface area (TPSA) is 29.5 Å². The van der Waals surface area contributed by atoms with Crippen LogP contribution in [0.1, 0.15) is 36.5 Å². The molecule has 1 rings (SSSR count). The van der Waals surface area contributed by atoms with E-state index in [4.69, 9.17) is 4.74 Å². The van der Waals surface area contributed by atoms with Gasteiger partial charge in [0.2, 0.25) is 0 Å². The predicted octanol–water partition coefficient (Wildman–Crippen LogP) is 2.80. The summed E-state index contributed by atoms with van der Waals surface area (Å²) in [6, 6.07) is 4.12. The number of rotatable bonds is 3. The van der Waals surface area contributed by atoms with Crippen LogP contribution in [-0.2, 0) is 0 Å². The molecule has 0 aliphatic carbocycles. The minimum absolute atomic E-state index is 0.0965. The van der Waals surface area contributed by atoms with Crippen LogP contribution in [0.25, 0.3) is 0 Å². The molecule has 0 aromatic heterocycles. The van der Waals surface area contributed by atoms with E-state index in [-0.39, 0.29) is 12.0 Å². The van der Waals surface area contributed by atoms with Gasteiger partial charge >= 0.3 is 0 Å². The Morgan fingerprint density at radius 3 is 2.27 bits per heavy atom. The van der Waals surface area contributed by atoms with Gasteiger partial charge in [0.25, 0.3) is 0 Å². The molecule has 84 valence electrons. The van der Waals surface area contributed by atoms with Crippen LogP contribution in [0.5, 0.6) is 5.75 Å². The number of benzene rings is 1. The minimum Gasteiger partial charge on any atom is -0.496 e. The van der Waals surface area contributed by atoms with Crippen LogP contribution in [-0.4, -0.2) is 18.3 Å². The minimum atomic E-state index is -0.360. The standard InChI is InChI=1S/C13H20O2/c1-8-6-7-12(10(3)11(4)14)13(15-5)9(8)2/h6-7,10-11,14H,1-5H3. The third kappa shape index (κ3) is 2.32. The molecule has 0 aliphatic rings. The van der Waals surface area contributed by atoms with Crippen LogP contribution in [0.3, 0.4) is 0 Å². The molecule has 15 heavy (non-hydrogen) atoms. The van der Waals surface area contributed by atoms with Crippen molar-refractivity contribution in [3.63, 3.8) is 0 Å². The van der Waals surface area contributed by atoms with Crippen molar-refractivity contribution in [2.45, 2.75) is 39.7 Å². The molecule has 0 radical (unpaired) electrons. The molecule has 0 aliphatic heterocycles. The van der Waals surface area contributed by atoms with E-state index in [1.165, 1.54) is 5.56 Å². The van der Waals surface area contributed by atoms with Gasteiger partial charge in [0.05, 0.1) is 13.2 Å². The van der Waals surface area contributed by atoms with Crippen LogP contribution in [0, 0.1) is 13.8 Å². The Balaban J connectivity index is 3.24. The van der Waals surface area contributed by atoms with E-state index in [0.29, 0.717) is 0 Å². The van der Waals surface area contributed by atoms with Crippen molar-refractivity contribution < 1.29 is 9.84 Å². The number of ether oxygens (including phenoxy) is 1. The lowest BCUT2D eigenvalue weighted by molar-refractivity contribution is 0.167. The number of hydrogen-bond acceptors (Lipinski definition) is 2. The Bertz CT molecular complexity index is 343. The highest BCUT2D eigenvalue weighted by Gasteiger charge is 2.18. The second-order valence-corrected chi connectivity index (χ2v) is 4.16. The van der Waals surface area contributed by atoms with E-state index in [1.54, 1.807) is 14.0 Å². The third-order valence-electron chi connectivity index (χ3n) is 3.13. The Labute approximate surface area is 91.9 Å². The first-order valence-corrected chi connectivity index (χ1v) is 5.31. The maximum Gasteiger partial charge on any atom is 0.125 e. The maximum atomic E-state index is 9.60. The third-order valence-corrected chi connectivity index (χ3v) is 3.13. The van der Waals surface area contributed by atoms with Gasteiger partial charge < -0.3 is 9.84 Å². The number of aliphatic hydroxyl groups excluding tert-OH is 1. The Kier molecular flexibility index (Phi) is 3.75. The van der Waals surface area contributed by atoms with Crippen molar-refractivity contribution in [1.82, 2.24) is 0 Å². The zero-order valence-electron chi connectivity index (χ0n) is 10.2. The molecule has 2 nitrogen and oxygen atoms in total. The highest BCUT2D eigenvalue weighted by molar-refractivity contribution is 5.47. The quantitative estimate of drug-likeness (QED) is 0.827. The fourth-order valence-electron chi connectivity index (χ4n) is 1.70. The van der Waals surface area contributed by atoms with Crippen LogP contribution < -0.4 is 4.74 Å². The van der Waals surface area contributed by atoms with Crippen molar-refractivity contribution in [2.75, 3.05) is 7.11 Å². The van der Waals surface area contributed by atoms with Gasteiger partial charge in [-0.2, -0.15) is 0 Å². The molecule has 0 bridgehead atoms. The zero-order valence-corrected chi connectivity index (χ0v) is 10.2. The second-order valence-electron chi connectivity index (χ2n) is 4.16. The van der Waals surface area contributed by atoms with Gasteiger partial charge in [-0.05, 0) is 37.5 Å². The van der Waals surface area contributed by atoms with E-state index < -0.39 is 0 Å². The molecule has 0 spiro atoms. The molecule has 0 saturated heterocycles. The summed E-state index contributed by atoms with van der Waals surface area (Å²) in [4.78, 5) is 0. The summed E-state index contributed by atoms with van der Waals surface area (Å²) in [6.07, 6.45) is -0.360. The number of aliphatic hydroxyl groups is 1. The van der Waals surface area contributed by atoms with Crippen molar-refractivity contribution in [3.05, 3.63) is 28.8 Å². The van der Waals surface area contributed by atoms with Crippen LogP contribution in [0.2, 0.25) is 0 Å². The lowest BCUT2D eigenvalue weighted by Gasteiger charge is -2.20. The van der Waals surface area contributed by atoms with Crippen molar-refractivity contribution in [3.8, 4) is 5.75 Å². The van der Waals surface area contributed by atoms with Crippen molar-refractivity contribution in [1.29, 1.82) is 0 Å². The lowest BCUT2D eigenvalue weighted by Crippen LogP contribution is -2.12.